The number of nitrogens with one attached hydrogen (secondary N) is 1. The molecule has 0 bridgehead atoms. The van der Waals surface area contributed by atoms with Crippen LogP contribution in [0, 0.1) is 0 Å². The van der Waals surface area contributed by atoms with Crippen molar-refractivity contribution in [1.29, 1.82) is 0 Å². The number of hydrogen-bond donors (Lipinski definition) is 2. The van der Waals surface area contributed by atoms with E-state index in [4.69, 9.17) is 9.84 Å². The Hall–Kier alpha value is -0.120. The van der Waals surface area contributed by atoms with E-state index in [2.05, 4.69) is 5.32 Å². The Balaban J connectivity index is 1.84. The minimum absolute atomic E-state index is 0.158. The van der Waals surface area contributed by atoms with E-state index in [0.717, 1.165) is 6.54 Å². The molecule has 3 nitrogen and oxygen atoms in total. The van der Waals surface area contributed by atoms with Gasteiger partial charge in [-0.25, -0.2) is 0 Å². The molecule has 1 aliphatic carbocycles. The molecule has 11 heavy (non-hydrogen) atoms. The van der Waals surface area contributed by atoms with Gasteiger partial charge >= 0.3 is 0 Å². The number of hydrogen-bond acceptors (Lipinski definition) is 3. The smallest absolute Gasteiger partial charge is 0.0807 e. The zero-order chi connectivity index (χ0) is 7.73. The molecule has 1 heterocycles. The lowest BCUT2D eigenvalue weighted by molar-refractivity contribution is -0.133. The standard InChI is InChI=1S/C8H15NO2/c10-4-7-5-11-8(6-9-7)2-1-3-8/h7,9-10H,1-6H2. The normalized spacial score (nSPS) is 35.2. The van der Waals surface area contributed by atoms with Crippen LogP contribution in [0.25, 0.3) is 0 Å². The monoisotopic (exact) mass is 157 g/mol. The van der Waals surface area contributed by atoms with Crippen LogP contribution in [0.5, 0.6) is 0 Å². The molecule has 0 amide bonds. The maximum absolute atomic E-state index is 8.81. The van der Waals surface area contributed by atoms with Crippen LogP contribution in [0.1, 0.15) is 19.3 Å². The Morgan fingerprint density at radius 2 is 2.36 bits per heavy atom. The molecule has 1 unspecified atom stereocenters. The summed E-state index contributed by atoms with van der Waals surface area (Å²) in [7, 11) is 0. The topological polar surface area (TPSA) is 41.5 Å². The molecule has 0 aromatic heterocycles. The molecule has 0 aromatic carbocycles. The van der Waals surface area contributed by atoms with Crippen molar-refractivity contribution in [3.05, 3.63) is 0 Å². The van der Waals surface area contributed by atoms with E-state index >= 15 is 0 Å². The maximum atomic E-state index is 8.81. The van der Waals surface area contributed by atoms with Crippen molar-refractivity contribution < 1.29 is 9.84 Å². The lowest BCUT2D eigenvalue weighted by atomic mass is 9.79. The average Bonchev–Trinajstić information content (AvgIpc) is 2.02. The summed E-state index contributed by atoms with van der Waals surface area (Å²) < 4.78 is 5.68. The van der Waals surface area contributed by atoms with E-state index < -0.39 is 0 Å². The molecule has 2 fully saturated rings. The molecule has 1 saturated heterocycles. The van der Waals surface area contributed by atoms with Crippen molar-refractivity contribution in [2.75, 3.05) is 19.8 Å². The largest absolute Gasteiger partial charge is 0.395 e. The molecule has 1 atom stereocenters. The van der Waals surface area contributed by atoms with Gasteiger partial charge in [-0.1, -0.05) is 0 Å². The minimum Gasteiger partial charge on any atom is -0.395 e. The first kappa shape index (κ1) is 7.53. The van der Waals surface area contributed by atoms with Crippen molar-refractivity contribution in [2.24, 2.45) is 0 Å². The van der Waals surface area contributed by atoms with E-state index in [1.54, 1.807) is 0 Å². The lowest BCUT2D eigenvalue weighted by Crippen LogP contribution is -2.58. The molecule has 2 rings (SSSR count). The van der Waals surface area contributed by atoms with E-state index in [-0.39, 0.29) is 18.2 Å². The molecule has 2 aliphatic rings. The number of ether oxygens (including phenoxy) is 1. The third-order valence-electron chi connectivity index (χ3n) is 2.79. The molecule has 3 heteroatoms. The van der Waals surface area contributed by atoms with Crippen LogP contribution in [0.4, 0.5) is 0 Å². The van der Waals surface area contributed by atoms with E-state index in [1.807, 2.05) is 0 Å². The molecular formula is C8H15NO2. The first-order chi connectivity index (χ1) is 5.35. The molecule has 64 valence electrons. The van der Waals surface area contributed by atoms with Gasteiger partial charge in [-0.2, -0.15) is 0 Å². The van der Waals surface area contributed by atoms with Crippen LogP contribution < -0.4 is 5.32 Å². The van der Waals surface area contributed by atoms with Gasteiger partial charge in [0.05, 0.1) is 24.9 Å². The van der Waals surface area contributed by atoms with Crippen LogP contribution >= 0.6 is 0 Å². The Bertz CT molecular complexity index is 135. The summed E-state index contributed by atoms with van der Waals surface area (Å²) in [5, 5.41) is 12.1. The second-order valence-electron chi connectivity index (χ2n) is 3.61. The molecule has 1 saturated carbocycles. The lowest BCUT2D eigenvalue weighted by Gasteiger charge is -2.46. The van der Waals surface area contributed by atoms with Crippen LogP contribution in [-0.2, 0) is 4.74 Å². The van der Waals surface area contributed by atoms with Gasteiger partial charge < -0.3 is 15.2 Å². The fraction of sp³-hybridized carbons (Fsp3) is 1.00. The second-order valence-corrected chi connectivity index (χ2v) is 3.61. The summed E-state index contributed by atoms with van der Waals surface area (Å²) in [6.07, 6.45) is 3.68. The van der Waals surface area contributed by atoms with Gasteiger partial charge in [-0.15, -0.1) is 0 Å². The highest BCUT2D eigenvalue weighted by Crippen LogP contribution is 2.36. The number of rotatable bonds is 1. The third-order valence-corrected chi connectivity index (χ3v) is 2.79. The van der Waals surface area contributed by atoms with Gasteiger partial charge in [0, 0.05) is 6.54 Å². The highest BCUT2D eigenvalue weighted by molar-refractivity contribution is 4.95. The second kappa shape index (κ2) is 2.73. The summed E-state index contributed by atoms with van der Waals surface area (Å²) in [4.78, 5) is 0. The molecule has 2 N–H and O–H groups in total. The van der Waals surface area contributed by atoms with Crippen molar-refractivity contribution in [3.8, 4) is 0 Å². The van der Waals surface area contributed by atoms with Crippen LogP contribution in [0.15, 0.2) is 0 Å². The van der Waals surface area contributed by atoms with Crippen molar-refractivity contribution in [2.45, 2.75) is 30.9 Å². The minimum atomic E-state index is 0.158. The molecule has 0 radical (unpaired) electrons. The highest BCUT2D eigenvalue weighted by Gasteiger charge is 2.41. The molecule has 1 spiro atoms. The number of aliphatic hydroxyl groups excluding tert-OH is 1. The Labute approximate surface area is 66.7 Å². The summed E-state index contributed by atoms with van der Waals surface area (Å²) >= 11 is 0. The number of morpholine rings is 1. The Morgan fingerprint density at radius 3 is 2.73 bits per heavy atom. The first-order valence-corrected chi connectivity index (χ1v) is 4.33. The predicted molar refractivity (Wildman–Crippen MR) is 41.4 cm³/mol. The molecule has 0 aromatic rings. The maximum Gasteiger partial charge on any atom is 0.0807 e. The summed E-state index contributed by atoms with van der Waals surface area (Å²) in [5.74, 6) is 0. The van der Waals surface area contributed by atoms with Gasteiger partial charge in [0.2, 0.25) is 0 Å². The molecular weight excluding hydrogens is 142 g/mol. The van der Waals surface area contributed by atoms with E-state index in [1.165, 1.54) is 19.3 Å². The van der Waals surface area contributed by atoms with Crippen LogP contribution in [0.2, 0.25) is 0 Å². The first-order valence-electron chi connectivity index (χ1n) is 4.33. The summed E-state index contributed by atoms with van der Waals surface area (Å²) in [6.45, 7) is 1.80. The SMILES string of the molecule is OCC1COC2(CCC2)CN1. The predicted octanol–water partition coefficient (Wildman–Crippen LogP) is -0.110. The fourth-order valence-electron chi connectivity index (χ4n) is 1.73. The van der Waals surface area contributed by atoms with Gasteiger partial charge in [-0.3, -0.25) is 0 Å². The third kappa shape index (κ3) is 1.28. The van der Waals surface area contributed by atoms with Gasteiger partial charge in [0.25, 0.3) is 0 Å². The zero-order valence-corrected chi connectivity index (χ0v) is 6.68. The van der Waals surface area contributed by atoms with Crippen LogP contribution in [-0.4, -0.2) is 36.5 Å². The average molecular weight is 157 g/mol. The fourth-order valence-corrected chi connectivity index (χ4v) is 1.73. The molecule has 1 aliphatic heterocycles. The van der Waals surface area contributed by atoms with E-state index in [9.17, 15) is 0 Å². The van der Waals surface area contributed by atoms with E-state index in [0.29, 0.717) is 6.61 Å². The van der Waals surface area contributed by atoms with Gasteiger partial charge in [0.1, 0.15) is 0 Å². The van der Waals surface area contributed by atoms with Crippen molar-refractivity contribution >= 4 is 0 Å². The van der Waals surface area contributed by atoms with Crippen molar-refractivity contribution in [3.63, 3.8) is 0 Å². The Kier molecular flexibility index (Phi) is 1.87. The quantitative estimate of drug-likeness (QED) is 0.558. The number of aliphatic hydroxyl groups is 1. The van der Waals surface area contributed by atoms with Gasteiger partial charge in [-0.05, 0) is 19.3 Å². The zero-order valence-electron chi connectivity index (χ0n) is 6.68. The summed E-state index contributed by atoms with van der Waals surface area (Å²) in [6, 6.07) is 0.168. The highest BCUT2D eigenvalue weighted by atomic mass is 16.5. The Morgan fingerprint density at radius 1 is 1.55 bits per heavy atom. The van der Waals surface area contributed by atoms with Crippen molar-refractivity contribution in [1.82, 2.24) is 5.32 Å². The van der Waals surface area contributed by atoms with Gasteiger partial charge in [0.15, 0.2) is 0 Å². The summed E-state index contributed by atoms with van der Waals surface area (Å²) in [5.41, 5.74) is 0.158. The van der Waals surface area contributed by atoms with Crippen LogP contribution in [0.3, 0.4) is 0 Å².